The van der Waals surface area contributed by atoms with Crippen LogP contribution in [0.5, 0.6) is 0 Å². The third kappa shape index (κ3) is 3.77. The Hall–Kier alpha value is -1.72. The number of carbonyl (C=O) groups excluding carboxylic acids is 1. The van der Waals surface area contributed by atoms with Crippen molar-refractivity contribution in [3.8, 4) is 0 Å². The van der Waals surface area contributed by atoms with Crippen LogP contribution in [0.1, 0.15) is 38.2 Å². The number of sulfonamides is 1. The summed E-state index contributed by atoms with van der Waals surface area (Å²) in [5.41, 5.74) is 2.17. The fraction of sp³-hybridized carbons (Fsp3) is 0.450. The number of nitrogens with zero attached hydrogens (tertiary/aromatic N) is 1. The number of allylic oxidation sites excluding steroid dienone is 2. The van der Waals surface area contributed by atoms with Crippen LogP contribution >= 0.6 is 0 Å². The molecule has 5 heteroatoms. The van der Waals surface area contributed by atoms with E-state index >= 15 is 0 Å². The Morgan fingerprint density at radius 3 is 2.68 bits per heavy atom. The van der Waals surface area contributed by atoms with E-state index in [0.29, 0.717) is 24.3 Å². The van der Waals surface area contributed by atoms with Crippen molar-refractivity contribution in [3.05, 3.63) is 53.6 Å². The summed E-state index contributed by atoms with van der Waals surface area (Å²) < 4.78 is 28.0. The van der Waals surface area contributed by atoms with Crippen molar-refractivity contribution in [1.29, 1.82) is 0 Å². The van der Waals surface area contributed by atoms with Crippen molar-refractivity contribution in [2.75, 3.05) is 6.54 Å². The van der Waals surface area contributed by atoms with Crippen LogP contribution < -0.4 is 0 Å². The van der Waals surface area contributed by atoms with Crippen molar-refractivity contribution < 1.29 is 13.2 Å². The minimum atomic E-state index is -3.51. The number of fused-ring (bicyclic) bond motifs is 1. The standard InChI is InChI=1S/C20H25NO3S/c1-15-10-12-18(13-11-15)25(23,24)21-14-17(7-5-6-16(2)22)19-8-3-4-9-20(19)21/h3,7-8,10-13,19-20H,4-6,9,14H2,1-2H3/b17-7+/t19-,20-/m1/s1. The SMILES string of the molecule is CC(=O)CC/C=C1\CN(S(=O)(=O)c2ccc(C)cc2)[C@@H]2CCC=C[C@H]12. The van der Waals surface area contributed by atoms with Gasteiger partial charge >= 0.3 is 0 Å². The molecule has 1 heterocycles. The molecule has 2 atom stereocenters. The molecule has 1 fully saturated rings. The first-order valence-corrected chi connectivity index (χ1v) is 10.3. The van der Waals surface area contributed by atoms with Gasteiger partial charge in [0.1, 0.15) is 5.78 Å². The van der Waals surface area contributed by atoms with Crippen molar-refractivity contribution in [1.82, 2.24) is 4.31 Å². The maximum absolute atomic E-state index is 13.1. The topological polar surface area (TPSA) is 54.5 Å². The predicted octanol–water partition coefficient (Wildman–Crippen LogP) is 3.63. The van der Waals surface area contributed by atoms with E-state index < -0.39 is 10.0 Å². The number of aryl methyl sites for hydroxylation is 1. The second kappa shape index (κ2) is 7.26. The molecule has 0 spiro atoms. The normalized spacial score (nSPS) is 25.3. The highest BCUT2D eigenvalue weighted by atomic mass is 32.2. The smallest absolute Gasteiger partial charge is 0.243 e. The minimum Gasteiger partial charge on any atom is -0.300 e. The van der Waals surface area contributed by atoms with E-state index in [1.807, 2.05) is 19.1 Å². The Morgan fingerprint density at radius 1 is 1.28 bits per heavy atom. The maximum atomic E-state index is 13.1. The lowest BCUT2D eigenvalue weighted by atomic mass is 9.88. The van der Waals surface area contributed by atoms with Crippen LogP contribution in [0.15, 0.2) is 53.0 Å². The van der Waals surface area contributed by atoms with Gasteiger partial charge in [0.25, 0.3) is 0 Å². The zero-order chi connectivity index (χ0) is 18.0. The van der Waals surface area contributed by atoms with Crippen LogP contribution in [-0.2, 0) is 14.8 Å². The summed E-state index contributed by atoms with van der Waals surface area (Å²) >= 11 is 0. The molecule has 0 radical (unpaired) electrons. The van der Waals surface area contributed by atoms with E-state index in [9.17, 15) is 13.2 Å². The van der Waals surface area contributed by atoms with E-state index in [2.05, 4.69) is 18.2 Å². The molecule has 134 valence electrons. The van der Waals surface area contributed by atoms with E-state index in [4.69, 9.17) is 0 Å². The molecule has 2 aliphatic rings. The van der Waals surface area contributed by atoms with Gasteiger partial charge in [0, 0.05) is 24.9 Å². The molecule has 0 N–H and O–H groups in total. The lowest BCUT2D eigenvalue weighted by Crippen LogP contribution is -2.38. The van der Waals surface area contributed by atoms with Gasteiger partial charge in [-0.05, 0) is 45.2 Å². The summed E-state index contributed by atoms with van der Waals surface area (Å²) in [6, 6.07) is 7.04. The Bertz CT molecular complexity index is 806. The van der Waals surface area contributed by atoms with E-state index in [0.717, 1.165) is 24.0 Å². The van der Waals surface area contributed by atoms with Gasteiger partial charge in [0.2, 0.25) is 10.0 Å². The van der Waals surface area contributed by atoms with Crippen molar-refractivity contribution in [2.24, 2.45) is 5.92 Å². The first-order valence-electron chi connectivity index (χ1n) is 8.83. The molecule has 0 amide bonds. The van der Waals surface area contributed by atoms with Crippen molar-refractivity contribution in [3.63, 3.8) is 0 Å². The largest absolute Gasteiger partial charge is 0.300 e. The van der Waals surface area contributed by atoms with Crippen LogP contribution in [0.25, 0.3) is 0 Å². The molecule has 0 saturated carbocycles. The lowest BCUT2D eigenvalue weighted by Gasteiger charge is -2.28. The molecule has 25 heavy (non-hydrogen) atoms. The molecule has 1 aliphatic carbocycles. The van der Waals surface area contributed by atoms with Gasteiger partial charge in [-0.15, -0.1) is 0 Å². The molecule has 0 aromatic heterocycles. The lowest BCUT2D eigenvalue weighted by molar-refractivity contribution is -0.116. The van der Waals surface area contributed by atoms with Crippen molar-refractivity contribution >= 4 is 15.8 Å². The highest BCUT2D eigenvalue weighted by molar-refractivity contribution is 7.89. The Labute approximate surface area is 150 Å². The zero-order valence-corrected chi connectivity index (χ0v) is 15.6. The summed E-state index contributed by atoms with van der Waals surface area (Å²) in [5, 5.41) is 0. The number of hydrogen-bond donors (Lipinski definition) is 0. The van der Waals surface area contributed by atoms with Crippen LogP contribution in [0.4, 0.5) is 0 Å². The summed E-state index contributed by atoms with van der Waals surface area (Å²) in [4.78, 5) is 11.5. The van der Waals surface area contributed by atoms with Crippen LogP contribution in [-0.4, -0.2) is 31.1 Å². The average Bonchev–Trinajstić information content (AvgIpc) is 2.95. The second-order valence-corrected chi connectivity index (χ2v) is 8.87. The molecule has 3 rings (SSSR count). The van der Waals surface area contributed by atoms with Crippen molar-refractivity contribution in [2.45, 2.75) is 50.5 Å². The molecule has 1 aliphatic heterocycles. The summed E-state index contributed by atoms with van der Waals surface area (Å²) in [7, 11) is -3.51. The first kappa shape index (κ1) is 18.1. The van der Waals surface area contributed by atoms with Gasteiger partial charge < -0.3 is 4.79 Å². The Kier molecular flexibility index (Phi) is 5.25. The first-order chi connectivity index (χ1) is 11.9. The van der Waals surface area contributed by atoms with E-state index in [1.54, 1.807) is 23.4 Å². The highest BCUT2D eigenvalue weighted by Crippen LogP contribution is 2.39. The number of Topliss-reactive ketones (excluding diaryl/α,β-unsaturated/α-hetero) is 1. The fourth-order valence-electron chi connectivity index (χ4n) is 3.68. The number of benzene rings is 1. The number of carbonyl (C=O) groups is 1. The molecular formula is C20H25NO3S. The molecular weight excluding hydrogens is 334 g/mol. The van der Waals surface area contributed by atoms with Crippen LogP contribution in [0.2, 0.25) is 0 Å². The monoisotopic (exact) mass is 359 g/mol. The molecule has 4 nitrogen and oxygen atoms in total. The Balaban J connectivity index is 1.89. The third-order valence-corrected chi connectivity index (χ3v) is 6.94. The summed E-state index contributed by atoms with van der Waals surface area (Å²) in [6.07, 6.45) is 9.29. The number of ketones is 1. The highest BCUT2D eigenvalue weighted by Gasteiger charge is 2.43. The van der Waals surface area contributed by atoms with E-state index in [-0.39, 0.29) is 17.7 Å². The maximum Gasteiger partial charge on any atom is 0.243 e. The fourth-order valence-corrected chi connectivity index (χ4v) is 5.35. The molecule has 1 saturated heterocycles. The van der Waals surface area contributed by atoms with Gasteiger partial charge in [-0.25, -0.2) is 8.42 Å². The van der Waals surface area contributed by atoms with E-state index in [1.165, 1.54) is 0 Å². The molecule has 1 aromatic rings. The third-order valence-electron chi connectivity index (χ3n) is 5.05. The number of rotatable bonds is 5. The number of hydrogen-bond acceptors (Lipinski definition) is 3. The molecule has 0 bridgehead atoms. The second-order valence-electron chi connectivity index (χ2n) is 6.98. The summed E-state index contributed by atoms with van der Waals surface area (Å²) in [6.45, 7) is 3.96. The van der Waals surface area contributed by atoms with Crippen LogP contribution in [0, 0.1) is 12.8 Å². The van der Waals surface area contributed by atoms with Gasteiger partial charge in [-0.2, -0.15) is 4.31 Å². The molecule has 0 unspecified atom stereocenters. The molecule has 1 aromatic carbocycles. The van der Waals surface area contributed by atoms with Gasteiger partial charge in [-0.3, -0.25) is 0 Å². The average molecular weight is 359 g/mol. The predicted molar refractivity (Wildman–Crippen MR) is 98.7 cm³/mol. The quantitative estimate of drug-likeness (QED) is 0.755. The zero-order valence-electron chi connectivity index (χ0n) is 14.8. The Morgan fingerprint density at radius 2 is 2.00 bits per heavy atom. The summed E-state index contributed by atoms with van der Waals surface area (Å²) in [5.74, 6) is 0.302. The van der Waals surface area contributed by atoms with Gasteiger partial charge in [0.15, 0.2) is 0 Å². The van der Waals surface area contributed by atoms with Crippen LogP contribution in [0.3, 0.4) is 0 Å². The minimum absolute atomic E-state index is 0.0140. The van der Waals surface area contributed by atoms with Gasteiger partial charge in [0.05, 0.1) is 4.90 Å². The van der Waals surface area contributed by atoms with Gasteiger partial charge in [-0.1, -0.05) is 41.5 Å².